The molecule has 0 amide bonds. The van der Waals surface area contributed by atoms with Gasteiger partial charge >= 0.3 is 0 Å². The molecular weight excluding hydrogens is 230 g/mol. The summed E-state index contributed by atoms with van der Waals surface area (Å²) in [5.74, 6) is 0.933. The number of hydrogen-bond donors (Lipinski definition) is 1. The molecule has 1 heterocycles. The van der Waals surface area contributed by atoms with Crippen LogP contribution in [0.4, 0.5) is 0 Å². The molecule has 3 heteroatoms. The number of ether oxygens (including phenoxy) is 1. The molecule has 1 aliphatic heterocycles. The summed E-state index contributed by atoms with van der Waals surface area (Å²) in [4.78, 5) is 0. The van der Waals surface area contributed by atoms with Gasteiger partial charge in [-0.3, -0.25) is 0 Å². The standard InChI is InChI=1S/C10H12BrNO/c11-8-2-1-3-10(6-8)13-7-9-4-5-12-9/h1-3,6,9,12H,4-5,7H2. The summed E-state index contributed by atoms with van der Waals surface area (Å²) in [7, 11) is 0. The van der Waals surface area contributed by atoms with E-state index in [1.54, 1.807) is 0 Å². The first kappa shape index (κ1) is 9.03. The third-order valence-corrected chi connectivity index (χ3v) is 2.67. The first-order valence-corrected chi connectivity index (χ1v) is 5.25. The largest absolute Gasteiger partial charge is 0.492 e. The molecule has 0 bridgehead atoms. The van der Waals surface area contributed by atoms with E-state index in [4.69, 9.17) is 4.74 Å². The van der Waals surface area contributed by atoms with E-state index < -0.39 is 0 Å². The van der Waals surface area contributed by atoms with Crippen molar-refractivity contribution in [2.24, 2.45) is 0 Å². The van der Waals surface area contributed by atoms with Crippen LogP contribution in [-0.4, -0.2) is 19.2 Å². The highest BCUT2D eigenvalue weighted by Gasteiger charge is 2.16. The number of rotatable bonds is 3. The van der Waals surface area contributed by atoms with Crippen LogP contribution in [0.25, 0.3) is 0 Å². The smallest absolute Gasteiger partial charge is 0.120 e. The minimum Gasteiger partial charge on any atom is -0.492 e. The lowest BCUT2D eigenvalue weighted by Gasteiger charge is -2.27. The van der Waals surface area contributed by atoms with Crippen molar-refractivity contribution in [3.8, 4) is 5.75 Å². The Morgan fingerprint density at radius 3 is 3.00 bits per heavy atom. The lowest BCUT2D eigenvalue weighted by molar-refractivity contribution is 0.217. The van der Waals surface area contributed by atoms with Gasteiger partial charge in [-0.15, -0.1) is 0 Å². The Bertz CT molecular complexity index is 286. The Kier molecular flexibility index (Phi) is 2.86. The zero-order chi connectivity index (χ0) is 9.10. The van der Waals surface area contributed by atoms with Crippen LogP contribution in [0.3, 0.4) is 0 Å². The molecular formula is C10H12BrNO. The molecule has 1 fully saturated rings. The summed E-state index contributed by atoms with van der Waals surface area (Å²) in [6, 6.07) is 8.49. The molecule has 1 saturated heterocycles. The average molecular weight is 242 g/mol. The quantitative estimate of drug-likeness (QED) is 0.877. The Morgan fingerprint density at radius 2 is 2.38 bits per heavy atom. The summed E-state index contributed by atoms with van der Waals surface area (Å²) >= 11 is 3.40. The summed E-state index contributed by atoms with van der Waals surface area (Å²) in [6.07, 6.45) is 1.23. The van der Waals surface area contributed by atoms with Crippen molar-refractivity contribution < 1.29 is 4.74 Å². The molecule has 1 aliphatic rings. The molecule has 1 aromatic carbocycles. The van der Waals surface area contributed by atoms with Crippen LogP contribution in [0.2, 0.25) is 0 Å². The zero-order valence-corrected chi connectivity index (χ0v) is 8.88. The SMILES string of the molecule is Brc1cccc(OCC2CCN2)c1. The molecule has 2 nitrogen and oxygen atoms in total. The van der Waals surface area contributed by atoms with Crippen molar-refractivity contribution in [2.45, 2.75) is 12.5 Å². The van der Waals surface area contributed by atoms with E-state index in [0.29, 0.717) is 6.04 Å². The minimum absolute atomic E-state index is 0.555. The van der Waals surface area contributed by atoms with Gasteiger partial charge in [0.2, 0.25) is 0 Å². The Morgan fingerprint density at radius 1 is 1.54 bits per heavy atom. The van der Waals surface area contributed by atoms with E-state index in [-0.39, 0.29) is 0 Å². The fourth-order valence-electron chi connectivity index (χ4n) is 1.24. The van der Waals surface area contributed by atoms with E-state index in [2.05, 4.69) is 21.2 Å². The van der Waals surface area contributed by atoms with E-state index in [1.165, 1.54) is 6.42 Å². The maximum absolute atomic E-state index is 5.60. The summed E-state index contributed by atoms with van der Waals surface area (Å²) in [5.41, 5.74) is 0. The molecule has 1 N–H and O–H groups in total. The molecule has 0 aliphatic carbocycles. The predicted molar refractivity (Wildman–Crippen MR) is 56.0 cm³/mol. The molecule has 0 spiro atoms. The van der Waals surface area contributed by atoms with Crippen LogP contribution in [-0.2, 0) is 0 Å². The van der Waals surface area contributed by atoms with Gasteiger partial charge in [0.25, 0.3) is 0 Å². The summed E-state index contributed by atoms with van der Waals surface area (Å²) < 4.78 is 6.66. The van der Waals surface area contributed by atoms with Gasteiger partial charge in [0.1, 0.15) is 12.4 Å². The zero-order valence-electron chi connectivity index (χ0n) is 7.29. The number of nitrogens with one attached hydrogen (secondary N) is 1. The van der Waals surface area contributed by atoms with E-state index in [9.17, 15) is 0 Å². The Labute approximate surface area is 86.4 Å². The van der Waals surface area contributed by atoms with Crippen molar-refractivity contribution in [1.29, 1.82) is 0 Å². The van der Waals surface area contributed by atoms with Crippen LogP contribution in [0.15, 0.2) is 28.7 Å². The highest BCUT2D eigenvalue weighted by molar-refractivity contribution is 9.10. The number of halogens is 1. The fourth-order valence-corrected chi connectivity index (χ4v) is 1.62. The molecule has 0 saturated carbocycles. The fraction of sp³-hybridized carbons (Fsp3) is 0.400. The topological polar surface area (TPSA) is 21.3 Å². The van der Waals surface area contributed by atoms with Crippen LogP contribution in [0.1, 0.15) is 6.42 Å². The molecule has 13 heavy (non-hydrogen) atoms. The van der Waals surface area contributed by atoms with Crippen molar-refractivity contribution in [3.05, 3.63) is 28.7 Å². The minimum atomic E-state index is 0.555. The highest BCUT2D eigenvalue weighted by Crippen LogP contribution is 2.18. The second-order valence-corrected chi connectivity index (χ2v) is 4.12. The molecule has 70 valence electrons. The molecule has 1 unspecified atom stereocenters. The first-order chi connectivity index (χ1) is 6.34. The van der Waals surface area contributed by atoms with Crippen LogP contribution in [0, 0.1) is 0 Å². The molecule has 2 rings (SSSR count). The normalized spacial score (nSPS) is 20.8. The van der Waals surface area contributed by atoms with Crippen LogP contribution >= 0.6 is 15.9 Å². The third kappa shape index (κ3) is 2.45. The van der Waals surface area contributed by atoms with Gasteiger partial charge in [-0.2, -0.15) is 0 Å². The van der Waals surface area contributed by atoms with E-state index >= 15 is 0 Å². The lowest BCUT2D eigenvalue weighted by atomic mass is 10.1. The lowest BCUT2D eigenvalue weighted by Crippen LogP contribution is -2.46. The third-order valence-electron chi connectivity index (χ3n) is 2.17. The number of benzene rings is 1. The Balaban J connectivity index is 1.86. The van der Waals surface area contributed by atoms with Gasteiger partial charge in [0.05, 0.1) is 0 Å². The summed E-state index contributed by atoms with van der Waals surface area (Å²) in [6.45, 7) is 1.91. The van der Waals surface area contributed by atoms with Gasteiger partial charge < -0.3 is 10.1 Å². The highest BCUT2D eigenvalue weighted by atomic mass is 79.9. The second kappa shape index (κ2) is 4.11. The molecule has 0 aromatic heterocycles. The Hall–Kier alpha value is -0.540. The van der Waals surface area contributed by atoms with Gasteiger partial charge in [-0.05, 0) is 31.2 Å². The molecule has 1 atom stereocenters. The molecule has 1 aromatic rings. The summed E-state index contributed by atoms with van der Waals surface area (Å²) in [5, 5.41) is 3.29. The van der Waals surface area contributed by atoms with Crippen molar-refractivity contribution >= 4 is 15.9 Å². The predicted octanol–water partition coefficient (Wildman–Crippen LogP) is 2.19. The van der Waals surface area contributed by atoms with Gasteiger partial charge in [-0.25, -0.2) is 0 Å². The second-order valence-electron chi connectivity index (χ2n) is 3.21. The number of hydrogen-bond acceptors (Lipinski definition) is 2. The van der Waals surface area contributed by atoms with Crippen LogP contribution in [0.5, 0.6) is 5.75 Å². The van der Waals surface area contributed by atoms with E-state index in [1.807, 2.05) is 24.3 Å². The van der Waals surface area contributed by atoms with E-state index in [0.717, 1.165) is 23.4 Å². The van der Waals surface area contributed by atoms with Crippen LogP contribution < -0.4 is 10.1 Å². The maximum atomic E-state index is 5.60. The molecule has 0 radical (unpaired) electrons. The van der Waals surface area contributed by atoms with Crippen molar-refractivity contribution in [2.75, 3.05) is 13.2 Å². The van der Waals surface area contributed by atoms with Gasteiger partial charge in [0.15, 0.2) is 0 Å². The first-order valence-electron chi connectivity index (χ1n) is 4.46. The van der Waals surface area contributed by atoms with Gasteiger partial charge in [0, 0.05) is 10.5 Å². The van der Waals surface area contributed by atoms with Gasteiger partial charge in [-0.1, -0.05) is 22.0 Å². The maximum Gasteiger partial charge on any atom is 0.120 e. The van der Waals surface area contributed by atoms with Crippen molar-refractivity contribution in [1.82, 2.24) is 5.32 Å². The monoisotopic (exact) mass is 241 g/mol. The average Bonchev–Trinajstić information content (AvgIpc) is 2.01. The van der Waals surface area contributed by atoms with Crippen molar-refractivity contribution in [3.63, 3.8) is 0 Å².